The van der Waals surface area contributed by atoms with Gasteiger partial charge in [-0.2, -0.15) is 0 Å². The first-order valence-corrected chi connectivity index (χ1v) is 8.74. The molecule has 3 heteroatoms. The van der Waals surface area contributed by atoms with Gasteiger partial charge < -0.3 is 4.43 Å². The molecule has 0 fully saturated rings. The molecule has 0 aliphatic heterocycles. The van der Waals surface area contributed by atoms with Gasteiger partial charge >= 0.3 is 0 Å². The van der Waals surface area contributed by atoms with E-state index in [1.165, 1.54) is 19.3 Å². The number of hydrogen-bond donors (Lipinski definition) is 0. The molecular formula is C10H23ClOSi. The van der Waals surface area contributed by atoms with Crippen LogP contribution in [0.4, 0.5) is 0 Å². The zero-order valence-corrected chi connectivity index (χ0v) is 11.2. The van der Waals surface area contributed by atoms with Crippen LogP contribution in [0.25, 0.3) is 0 Å². The molecule has 0 amide bonds. The molecular weight excluding hydrogens is 200 g/mol. The number of rotatable bonds is 7. The number of alkyl halides is 1. The fraction of sp³-hybridized carbons (Fsp3) is 1.00. The molecule has 0 aliphatic rings. The summed E-state index contributed by atoms with van der Waals surface area (Å²) in [5, 5.41) is 0.277. The van der Waals surface area contributed by atoms with E-state index in [0.29, 0.717) is 0 Å². The summed E-state index contributed by atoms with van der Waals surface area (Å²) in [6.07, 6.45) is 4.92. The fourth-order valence-corrected chi connectivity index (χ4v) is 3.55. The molecule has 0 saturated heterocycles. The van der Waals surface area contributed by atoms with Crippen molar-refractivity contribution in [2.75, 3.05) is 6.61 Å². The highest BCUT2D eigenvalue weighted by molar-refractivity contribution is 6.79. The summed E-state index contributed by atoms with van der Waals surface area (Å²) in [7, 11) is -1.59. The third kappa shape index (κ3) is 5.71. The highest BCUT2D eigenvalue weighted by Gasteiger charge is 2.31. The van der Waals surface area contributed by atoms with Gasteiger partial charge in [0.05, 0.1) is 5.00 Å². The zero-order chi connectivity index (χ0) is 10.3. The average molecular weight is 223 g/mol. The Kier molecular flexibility index (Phi) is 7.10. The first-order valence-electron chi connectivity index (χ1n) is 5.32. The number of hydrogen-bond acceptors (Lipinski definition) is 1. The van der Waals surface area contributed by atoms with E-state index in [2.05, 4.69) is 20.0 Å². The Bertz CT molecular complexity index is 128. The summed E-state index contributed by atoms with van der Waals surface area (Å²) >= 11 is 6.32. The molecule has 0 rings (SSSR count). The van der Waals surface area contributed by atoms with Gasteiger partial charge in [-0.1, -0.05) is 26.2 Å². The van der Waals surface area contributed by atoms with Crippen LogP contribution in [0, 0.1) is 0 Å². The molecule has 0 aliphatic carbocycles. The lowest BCUT2D eigenvalue weighted by Gasteiger charge is -2.27. The maximum absolute atomic E-state index is 6.32. The largest absolute Gasteiger partial charge is 0.416 e. The van der Waals surface area contributed by atoms with Gasteiger partial charge in [0.25, 0.3) is 0 Å². The minimum absolute atomic E-state index is 0.277. The minimum Gasteiger partial charge on any atom is -0.416 e. The van der Waals surface area contributed by atoms with Crippen molar-refractivity contribution in [3.05, 3.63) is 0 Å². The van der Waals surface area contributed by atoms with E-state index in [9.17, 15) is 0 Å². The lowest BCUT2D eigenvalue weighted by molar-refractivity contribution is 0.325. The van der Waals surface area contributed by atoms with Crippen LogP contribution in [0.5, 0.6) is 0 Å². The first-order chi connectivity index (χ1) is 6.04. The number of halogens is 1. The Morgan fingerprint density at radius 1 is 1.23 bits per heavy atom. The quantitative estimate of drug-likeness (QED) is 0.360. The summed E-state index contributed by atoms with van der Waals surface area (Å²) in [5.41, 5.74) is 0. The van der Waals surface area contributed by atoms with Gasteiger partial charge in [-0.05, 0) is 26.4 Å². The third-order valence-corrected chi connectivity index (χ3v) is 6.96. The normalized spacial score (nSPS) is 14.5. The fourth-order valence-electron chi connectivity index (χ4n) is 1.38. The van der Waals surface area contributed by atoms with Crippen molar-refractivity contribution in [3.63, 3.8) is 0 Å². The van der Waals surface area contributed by atoms with E-state index in [0.717, 1.165) is 13.0 Å². The van der Waals surface area contributed by atoms with Gasteiger partial charge in [-0.3, -0.25) is 0 Å². The predicted octanol–water partition coefficient (Wildman–Crippen LogP) is 3.95. The second-order valence-corrected chi connectivity index (χ2v) is 9.09. The van der Waals surface area contributed by atoms with Crippen LogP contribution in [0.1, 0.15) is 39.5 Å². The van der Waals surface area contributed by atoms with E-state index in [1.54, 1.807) is 0 Å². The van der Waals surface area contributed by atoms with Crippen LogP contribution in [-0.4, -0.2) is 19.9 Å². The van der Waals surface area contributed by atoms with Crippen molar-refractivity contribution in [3.8, 4) is 0 Å². The van der Waals surface area contributed by atoms with Crippen molar-refractivity contribution in [2.24, 2.45) is 0 Å². The molecule has 0 saturated carbocycles. The van der Waals surface area contributed by atoms with Crippen molar-refractivity contribution in [1.82, 2.24) is 0 Å². The lowest BCUT2D eigenvalue weighted by atomic mass is 10.2. The second kappa shape index (κ2) is 6.85. The van der Waals surface area contributed by atoms with Crippen LogP contribution in [-0.2, 0) is 4.43 Å². The summed E-state index contributed by atoms with van der Waals surface area (Å²) in [4.78, 5) is 0. The van der Waals surface area contributed by atoms with Gasteiger partial charge in [0.2, 0.25) is 8.32 Å². The highest BCUT2D eigenvalue weighted by atomic mass is 35.5. The van der Waals surface area contributed by atoms with E-state index in [1.807, 2.05) is 6.92 Å². The maximum Gasteiger partial charge on any atom is 0.204 e. The molecule has 0 heterocycles. The van der Waals surface area contributed by atoms with E-state index < -0.39 is 8.32 Å². The first kappa shape index (κ1) is 13.5. The molecule has 0 aromatic rings. The molecule has 1 nitrogen and oxygen atoms in total. The average Bonchev–Trinajstić information content (AvgIpc) is 2.04. The summed E-state index contributed by atoms with van der Waals surface area (Å²) in [6.45, 7) is 9.48. The van der Waals surface area contributed by atoms with Gasteiger partial charge in [-0.15, -0.1) is 11.6 Å². The molecule has 0 bridgehead atoms. The Labute approximate surface area is 88.9 Å². The third-order valence-electron chi connectivity index (χ3n) is 2.33. The molecule has 0 N–H and O–H groups in total. The molecule has 13 heavy (non-hydrogen) atoms. The topological polar surface area (TPSA) is 9.23 Å². The standard InChI is InChI=1S/C10H23ClOSi/c1-5-7-8-9-10(11)13(3,4)12-6-2/h10H,5-9H2,1-4H3. The van der Waals surface area contributed by atoms with Crippen molar-refractivity contribution in [2.45, 2.75) is 57.6 Å². The Balaban J connectivity index is 3.72. The van der Waals surface area contributed by atoms with Gasteiger partial charge in [0, 0.05) is 6.61 Å². The minimum atomic E-state index is -1.59. The Hall–Kier alpha value is 0.467. The molecule has 1 atom stereocenters. The van der Waals surface area contributed by atoms with Crippen LogP contribution in [0.3, 0.4) is 0 Å². The monoisotopic (exact) mass is 222 g/mol. The van der Waals surface area contributed by atoms with Crippen molar-refractivity contribution < 1.29 is 4.43 Å². The Morgan fingerprint density at radius 2 is 1.85 bits per heavy atom. The molecule has 0 aromatic carbocycles. The molecule has 0 radical (unpaired) electrons. The second-order valence-electron chi connectivity index (χ2n) is 4.00. The maximum atomic E-state index is 6.32. The molecule has 0 aromatic heterocycles. The van der Waals surface area contributed by atoms with Crippen molar-refractivity contribution >= 4 is 19.9 Å². The van der Waals surface area contributed by atoms with Crippen molar-refractivity contribution in [1.29, 1.82) is 0 Å². The molecule has 1 unspecified atom stereocenters. The van der Waals surface area contributed by atoms with E-state index >= 15 is 0 Å². The van der Waals surface area contributed by atoms with E-state index in [-0.39, 0.29) is 5.00 Å². The summed E-state index contributed by atoms with van der Waals surface area (Å²) < 4.78 is 5.73. The SMILES string of the molecule is CCCCCC(Cl)[Si](C)(C)OCC. The smallest absolute Gasteiger partial charge is 0.204 e. The molecule has 0 spiro atoms. The summed E-state index contributed by atoms with van der Waals surface area (Å²) in [6, 6.07) is 0. The van der Waals surface area contributed by atoms with Gasteiger partial charge in [0.1, 0.15) is 0 Å². The van der Waals surface area contributed by atoms with Crippen LogP contribution < -0.4 is 0 Å². The number of unbranched alkanes of at least 4 members (excludes halogenated alkanes) is 2. The van der Waals surface area contributed by atoms with Crippen LogP contribution >= 0.6 is 11.6 Å². The Morgan fingerprint density at radius 3 is 2.31 bits per heavy atom. The van der Waals surface area contributed by atoms with Gasteiger partial charge in [-0.25, -0.2) is 0 Å². The zero-order valence-electron chi connectivity index (χ0n) is 9.40. The van der Waals surface area contributed by atoms with Crippen LogP contribution in [0.2, 0.25) is 13.1 Å². The molecule has 80 valence electrons. The summed E-state index contributed by atoms with van der Waals surface area (Å²) in [5.74, 6) is 0. The lowest BCUT2D eigenvalue weighted by Crippen LogP contribution is -2.41. The predicted molar refractivity (Wildman–Crippen MR) is 62.9 cm³/mol. The highest BCUT2D eigenvalue weighted by Crippen LogP contribution is 2.21. The van der Waals surface area contributed by atoms with Gasteiger partial charge in [0.15, 0.2) is 0 Å². The van der Waals surface area contributed by atoms with Crippen LogP contribution in [0.15, 0.2) is 0 Å². The van der Waals surface area contributed by atoms with E-state index in [4.69, 9.17) is 16.0 Å².